The average Bonchev–Trinajstić information content (AvgIpc) is 2.74. The van der Waals surface area contributed by atoms with Crippen LogP contribution in [-0.2, 0) is 17.4 Å². The quantitative estimate of drug-likeness (QED) is 0.609. The lowest BCUT2D eigenvalue weighted by Gasteiger charge is -2.25. The van der Waals surface area contributed by atoms with Crippen LogP contribution in [0.2, 0.25) is 0 Å². The van der Waals surface area contributed by atoms with E-state index in [-0.39, 0.29) is 12.1 Å². The molecule has 0 radical (unpaired) electrons. The molecule has 0 aliphatic heterocycles. The van der Waals surface area contributed by atoms with Gasteiger partial charge < -0.3 is 24.4 Å². The fraction of sp³-hybridized carbons (Fsp3) is 0.409. The van der Waals surface area contributed by atoms with Crippen molar-refractivity contribution in [2.45, 2.75) is 26.4 Å². The summed E-state index contributed by atoms with van der Waals surface area (Å²) in [6, 6.07) is 6.63. The van der Waals surface area contributed by atoms with Gasteiger partial charge in [0.15, 0.2) is 11.5 Å². The maximum atomic E-state index is 13.2. The Bertz CT molecular complexity index is 912. The van der Waals surface area contributed by atoms with Crippen LogP contribution >= 0.6 is 0 Å². The second-order valence-electron chi connectivity index (χ2n) is 6.62. The molecule has 0 fully saturated rings. The molecule has 0 bridgehead atoms. The summed E-state index contributed by atoms with van der Waals surface area (Å²) >= 11 is 0. The number of carbonyl (C=O) groups is 1. The van der Waals surface area contributed by atoms with Gasteiger partial charge in [-0.1, -0.05) is 6.07 Å². The van der Waals surface area contributed by atoms with Gasteiger partial charge in [-0.15, -0.1) is 0 Å². The lowest BCUT2D eigenvalue weighted by molar-refractivity contribution is -0.137. The van der Waals surface area contributed by atoms with Crippen molar-refractivity contribution in [3.8, 4) is 17.2 Å². The molecule has 2 aromatic rings. The Labute approximate surface area is 179 Å². The van der Waals surface area contributed by atoms with Crippen LogP contribution in [0.3, 0.4) is 0 Å². The van der Waals surface area contributed by atoms with Crippen molar-refractivity contribution < 1.29 is 32.2 Å². The molecule has 0 aliphatic rings. The zero-order valence-corrected chi connectivity index (χ0v) is 18.2. The molecule has 0 aliphatic carbocycles. The van der Waals surface area contributed by atoms with E-state index in [0.29, 0.717) is 41.6 Å². The number of hydrogen-bond donors (Lipinski definition) is 1. The van der Waals surface area contributed by atoms with Gasteiger partial charge >= 0.3 is 6.18 Å². The van der Waals surface area contributed by atoms with Gasteiger partial charge in [-0.25, -0.2) is 0 Å². The van der Waals surface area contributed by atoms with E-state index in [1.807, 2.05) is 18.7 Å². The highest BCUT2D eigenvalue weighted by atomic mass is 19.4. The Balaban J connectivity index is 2.39. The fourth-order valence-electron chi connectivity index (χ4n) is 3.32. The third kappa shape index (κ3) is 5.53. The van der Waals surface area contributed by atoms with Crippen molar-refractivity contribution in [2.75, 3.05) is 44.6 Å². The Morgan fingerprint density at radius 1 is 0.968 bits per heavy atom. The fourth-order valence-corrected chi connectivity index (χ4v) is 3.32. The predicted octanol–water partition coefficient (Wildman–Crippen LogP) is 4.76. The van der Waals surface area contributed by atoms with Crippen LogP contribution in [0.1, 0.15) is 25.0 Å². The van der Waals surface area contributed by atoms with Crippen molar-refractivity contribution in [3.05, 3.63) is 41.5 Å². The highest BCUT2D eigenvalue weighted by molar-refractivity contribution is 5.96. The molecule has 2 rings (SSSR count). The highest BCUT2D eigenvalue weighted by Crippen LogP contribution is 2.40. The summed E-state index contributed by atoms with van der Waals surface area (Å²) in [6.45, 7) is 4.94. The van der Waals surface area contributed by atoms with Crippen LogP contribution < -0.4 is 24.4 Å². The summed E-state index contributed by atoms with van der Waals surface area (Å²) < 4.78 is 55.6. The first-order valence-corrected chi connectivity index (χ1v) is 9.73. The molecule has 0 saturated heterocycles. The minimum absolute atomic E-state index is 0.1000. The number of methoxy groups -OCH3 is 3. The summed E-state index contributed by atoms with van der Waals surface area (Å²) in [5.74, 6) is 0.603. The van der Waals surface area contributed by atoms with E-state index in [1.54, 1.807) is 12.1 Å². The molecule has 2 aromatic carbocycles. The van der Waals surface area contributed by atoms with Gasteiger partial charge in [0.1, 0.15) is 0 Å². The average molecular weight is 440 g/mol. The number of rotatable bonds is 9. The van der Waals surface area contributed by atoms with Gasteiger partial charge in [-0.3, -0.25) is 4.79 Å². The van der Waals surface area contributed by atoms with E-state index in [1.165, 1.54) is 27.4 Å². The maximum Gasteiger partial charge on any atom is 0.416 e. The zero-order chi connectivity index (χ0) is 23.2. The number of benzene rings is 2. The summed E-state index contributed by atoms with van der Waals surface area (Å²) in [4.78, 5) is 14.6. The lowest BCUT2D eigenvalue weighted by atomic mass is 10.1. The molecule has 31 heavy (non-hydrogen) atoms. The van der Waals surface area contributed by atoms with E-state index in [9.17, 15) is 18.0 Å². The van der Waals surface area contributed by atoms with Crippen molar-refractivity contribution >= 4 is 17.3 Å². The Morgan fingerprint density at radius 3 is 2.13 bits per heavy atom. The van der Waals surface area contributed by atoms with E-state index < -0.39 is 17.6 Å². The molecule has 0 spiro atoms. The SMILES string of the molecule is CCN(CC)c1ccc(C(F)(F)F)cc1NC(=O)Cc1ccc(OC)c(OC)c1OC. The van der Waals surface area contributed by atoms with Gasteiger partial charge in [-0.2, -0.15) is 13.2 Å². The van der Waals surface area contributed by atoms with Gasteiger partial charge in [0.25, 0.3) is 0 Å². The van der Waals surface area contributed by atoms with Crippen molar-refractivity contribution in [1.29, 1.82) is 0 Å². The van der Waals surface area contributed by atoms with Crippen molar-refractivity contribution in [1.82, 2.24) is 0 Å². The monoisotopic (exact) mass is 440 g/mol. The van der Waals surface area contributed by atoms with Crippen LogP contribution in [0.4, 0.5) is 24.5 Å². The number of ether oxygens (including phenoxy) is 3. The van der Waals surface area contributed by atoms with Crippen LogP contribution in [0.15, 0.2) is 30.3 Å². The minimum Gasteiger partial charge on any atom is -0.493 e. The molecule has 0 unspecified atom stereocenters. The molecule has 0 atom stereocenters. The van der Waals surface area contributed by atoms with Gasteiger partial charge in [0.05, 0.1) is 44.7 Å². The number of nitrogens with zero attached hydrogens (tertiary/aromatic N) is 1. The number of hydrogen-bond acceptors (Lipinski definition) is 5. The smallest absolute Gasteiger partial charge is 0.416 e. The zero-order valence-electron chi connectivity index (χ0n) is 18.2. The summed E-state index contributed by atoms with van der Waals surface area (Å²) in [7, 11) is 4.36. The number of amides is 1. The largest absolute Gasteiger partial charge is 0.493 e. The lowest BCUT2D eigenvalue weighted by Crippen LogP contribution is -2.25. The topological polar surface area (TPSA) is 60.0 Å². The van der Waals surface area contributed by atoms with Gasteiger partial charge in [0.2, 0.25) is 11.7 Å². The van der Waals surface area contributed by atoms with E-state index in [4.69, 9.17) is 14.2 Å². The van der Waals surface area contributed by atoms with Crippen LogP contribution in [0, 0.1) is 0 Å². The first-order chi connectivity index (χ1) is 14.7. The maximum absolute atomic E-state index is 13.2. The third-order valence-corrected chi connectivity index (χ3v) is 4.84. The van der Waals surface area contributed by atoms with Crippen LogP contribution in [0.5, 0.6) is 17.2 Å². The molecule has 1 N–H and O–H groups in total. The second kappa shape index (κ2) is 10.3. The minimum atomic E-state index is -4.52. The molecule has 1 amide bonds. The summed E-state index contributed by atoms with van der Waals surface area (Å²) in [6.07, 6.45) is -4.65. The van der Waals surface area contributed by atoms with Gasteiger partial charge in [-0.05, 0) is 38.1 Å². The number of anilines is 2. The van der Waals surface area contributed by atoms with E-state index in [2.05, 4.69) is 5.32 Å². The molecule has 6 nitrogen and oxygen atoms in total. The Morgan fingerprint density at radius 2 is 1.61 bits per heavy atom. The molecule has 9 heteroatoms. The number of nitrogens with one attached hydrogen (secondary N) is 1. The van der Waals surface area contributed by atoms with Gasteiger partial charge in [0, 0.05) is 18.7 Å². The molecular formula is C22H27F3N2O4. The Hall–Kier alpha value is -3.10. The summed E-state index contributed by atoms with van der Waals surface area (Å²) in [5, 5.41) is 2.63. The highest BCUT2D eigenvalue weighted by Gasteiger charge is 2.31. The van der Waals surface area contributed by atoms with E-state index >= 15 is 0 Å². The predicted molar refractivity (Wildman–Crippen MR) is 113 cm³/mol. The van der Waals surface area contributed by atoms with Crippen LogP contribution in [0.25, 0.3) is 0 Å². The molecular weight excluding hydrogens is 413 g/mol. The van der Waals surface area contributed by atoms with E-state index in [0.717, 1.165) is 12.1 Å². The first-order valence-electron chi connectivity index (χ1n) is 9.73. The Kier molecular flexibility index (Phi) is 8.01. The first kappa shape index (κ1) is 24.2. The third-order valence-electron chi connectivity index (χ3n) is 4.84. The summed E-state index contributed by atoms with van der Waals surface area (Å²) in [5.41, 5.74) is 0.296. The number of halogens is 3. The van der Waals surface area contributed by atoms with Crippen molar-refractivity contribution in [3.63, 3.8) is 0 Å². The standard InChI is InChI=1S/C22H27F3N2O4/c1-6-27(7-2)17-10-9-15(22(23,24)25)13-16(17)26-19(28)12-14-8-11-18(29-3)21(31-5)20(14)30-4/h8-11,13H,6-7,12H2,1-5H3,(H,26,28). The number of carbonyl (C=O) groups excluding carboxylic acids is 1. The second-order valence-corrected chi connectivity index (χ2v) is 6.62. The molecule has 0 saturated carbocycles. The normalized spacial score (nSPS) is 11.1. The molecule has 170 valence electrons. The molecule has 0 aromatic heterocycles. The molecule has 0 heterocycles. The van der Waals surface area contributed by atoms with Crippen LogP contribution in [-0.4, -0.2) is 40.3 Å². The number of alkyl halides is 3. The van der Waals surface area contributed by atoms with Crippen molar-refractivity contribution in [2.24, 2.45) is 0 Å².